The first kappa shape index (κ1) is 18.8. The van der Waals surface area contributed by atoms with Crippen molar-refractivity contribution in [3.63, 3.8) is 0 Å². The third-order valence-electron chi connectivity index (χ3n) is 6.38. The number of nitrogens with zero attached hydrogens (tertiary/aromatic N) is 2. The highest BCUT2D eigenvalue weighted by Crippen LogP contribution is 2.48. The molecule has 2 aromatic rings. The number of imide groups is 2. The summed E-state index contributed by atoms with van der Waals surface area (Å²) in [7, 11) is 0. The van der Waals surface area contributed by atoms with Crippen LogP contribution >= 0.6 is 0 Å². The number of hydrogen-bond acceptors (Lipinski definition) is 5. The Hall–Kier alpha value is -3.19. The third-order valence-corrected chi connectivity index (χ3v) is 6.38. The van der Waals surface area contributed by atoms with Gasteiger partial charge in [0.25, 0.3) is 5.91 Å². The minimum Gasteiger partial charge on any atom is -0.372 e. The lowest BCUT2D eigenvalue weighted by Crippen LogP contribution is -2.76. The number of urea groups is 1. The topological polar surface area (TPSA) is 79.0 Å². The van der Waals surface area contributed by atoms with E-state index in [-0.39, 0.29) is 18.6 Å². The number of nitrogens with one attached hydrogen (secondary N) is 1. The molecule has 1 spiro atoms. The monoisotopic (exact) mass is 405 g/mol. The van der Waals surface area contributed by atoms with Crippen LogP contribution in [0.15, 0.2) is 54.6 Å². The van der Waals surface area contributed by atoms with Gasteiger partial charge in [-0.1, -0.05) is 36.4 Å². The van der Waals surface area contributed by atoms with E-state index in [1.807, 2.05) is 44.2 Å². The molecule has 3 aliphatic rings. The fourth-order valence-corrected chi connectivity index (χ4v) is 5.27. The molecular weight excluding hydrogens is 382 g/mol. The van der Waals surface area contributed by atoms with Crippen LogP contribution in [0.4, 0.5) is 16.2 Å². The Morgan fingerprint density at radius 1 is 1.00 bits per heavy atom. The Labute approximate surface area is 174 Å². The van der Waals surface area contributed by atoms with Crippen molar-refractivity contribution in [3.05, 3.63) is 60.2 Å². The second-order valence-corrected chi connectivity index (χ2v) is 8.26. The van der Waals surface area contributed by atoms with E-state index in [0.717, 1.165) is 16.2 Å². The van der Waals surface area contributed by atoms with Crippen molar-refractivity contribution in [1.82, 2.24) is 5.32 Å². The molecule has 0 radical (unpaired) electrons. The molecule has 0 unspecified atom stereocenters. The first-order valence-electron chi connectivity index (χ1n) is 10.2. The summed E-state index contributed by atoms with van der Waals surface area (Å²) in [5.41, 5.74) is 0.910. The maximum atomic E-state index is 14.0. The number of morpholine rings is 1. The first-order valence-corrected chi connectivity index (χ1v) is 10.2. The number of rotatable bonds is 1. The molecule has 5 rings (SSSR count). The summed E-state index contributed by atoms with van der Waals surface area (Å²) in [6, 6.07) is 15.3. The number of fused-ring (bicyclic) bond motifs is 4. The van der Waals surface area contributed by atoms with Crippen LogP contribution in [0.5, 0.6) is 0 Å². The van der Waals surface area contributed by atoms with Gasteiger partial charge in [0.05, 0.1) is 23.9 Å². The van der Waals surface area contributed by atoms with Gasteiger partial charge < -0.3 is 9.64 Å². The minimum absolute atomic E-state index is 0.0481. The highest BCUT2D eigenvalue weighted by Gasteiger charge is 2.64. The third kappa shape index (κ3) is 2.51. The van der Waals surface area contributed by atoms with E-state index in [2.05, 4.69) is 10.2 Å². The fraction of sp³-hybridized carbons (Fsp3) is 0.348. The van der Waals surface area contributed by atoms with E-state index in [9.17, 15) is 14.4 Å². The molecule has 4 amide bonds. The van der Waals surface area contributed by atoms with Crippen molar-refractivity contribution >= 4 is 29.2 Å². The average Bonchev–Trinajstić information content (AvgIpc) is 2.72. The van der Waals surface area contributed by atoms with E-state index >= 15 is 0 Å². The molecule has 2 saturated heterocycles. The standard InChI is InChI=1S/C23H23N3O4/c1-14-13-25-18-11-7-6-8-16(18)12-23(19(25)15(2)30-14)20(27)24-22(29)26(21(23)28)17-9-4-3-5-10-17/h3-11,14-15,19H,12-13H2,1-2H3,(H,24,27,29)/t14-,15-,19-,23+/m0/s1. The zero-order valence-corrected chi connectivity index (χ0v) is 16.9. The van der Waals surface area contributed by atoms with E-state index in [1.54, 1.807) is 24.3 Å². The number of carbonyl (C=O) groups excluding carboxylic acids is 3. The summed E-state index contributed by atoms with van der Waals surface area (Å²) >= 11 is 0. The molecule has 0 saturated carbocycles. The number of ether oxygens (including phenoxy) is 1. The van der Waals surface area contributed by atoms with E-state index < -0.39 is 29.3 Å². The van der Waals surface area contributed by atoms with Crippen molar-refractivity contribution in [2.75, 3.05) is 16.3 Å². The van der Waals surface area contributed by atoms with Gasteiger partial charge in [-0.15, -0.1) is 0 Å². The van der Waals surface area contributed by atoms with E-state index in [4.69, 9.17) is 4.74 Å². The fourth-order valence-electron chi connectivity index (χ4n) is 5.27. The van der Waals surface area contributed by atoms with Gasteiger partial charge in [0.1, 0.15) is 0 Å². The maximum absolute atomic E-state index is 14.0. The first-order chi connectivity index (χ1) is 14.4. The van der Waals surface area contributed by atoms with Crippen LogP contribution in [0.25, 0.3) is 0 Å². The van der Waals surface area contributed by atoms with Crippen LogP contribution in [0, 0.1) is 5.41 Å². The van der Waals surface area contributed by atoms with Crippen LogP contribution < -0.4 is 15.1 Å². The summed E-state index contributed by atoms with van der Waals surface area (Å²) in [6.45, 7) is 4.44. The number of amides is 4. The Morgan fingerprint density at radius 2 is 1.70 bits per heavy atom. The molecule has 0 bridgehead atoms. The highest BCUT2D eigenvalue weighted by molar-refractivity contribution is 6.30. The molecular formula is C23H23N3O4. The number of hydrogen-bond donors (Lipinski definition) is 1. The predicted molar refractivity (Wildman–Crippen MR) is 111 cm³/mol. The van der Waals surface area contributed by atoms with Crippen LogP contribution in [-0.2, 0) is 20.7 Å². The second kappa shape index (κ2) is 6.67. The maximum Gasteiger partial charge on any atom is 0.335 e. The number of para-hydroxylation sites is 2. The van der Waals surface area contributed by atoms with E-state index in [0.29, 0.717) is 12.2 Å². The predicted octanol–water partition coefficient (Wildman–Crippen LogP) is 2.49. The molecule has 7 nitrogen and oxygen atoms in total. The number of benzene rings is 2. The number of carbonyl (C=O) groups is 3. The summed E-state index contributed by atoms with van der Waals surface area (Å²) in [4.78, 5) is 43.3. The van der Waals surface area contributed by atoms with E-state index in [1.165, 1.54) is 0 Å². The molecule has 1 N–H and O–H groups in total. The SMILES string of the molecule is C[C@@H]1O[C@@H](C)CN2c3ccccc3C[C@]3(C(=O)NC(=O)N(c4ccccc4)C3=O)[C@H]12. The zero-order chi connectivity index (χ0) is 21.0. The molecule has 2 aromatic carbocycles. The second-order valence-electron chi connectivity index (χ2n) is 8.26. The van der Waals surface area contributed by atoms with Crippen LogP contribution in [0.3, 0.4) is 0 Å². The Kier molecular flexibility index (Phi) is 4.18. The lowest BCUT2D eigenvalue weighted by molar-refractivity contribution is -0.151. The van der Waals surface area contributed by atoms with Crippen molar-refractivity contribution < 1.29 is 19.1 Å². The van der Waals surface area contributed by atoms with Gasteiger partial charge in [-0.2, -0.15) is 0 Å². The number of barbiturate groups is 1. The van der Waals surface area contributed by atoms with Crippen molar-refractivity contribution in [1.29, 1.82) is 0 Å². The Balaban J connectivity index is 1.70. The summed E-state index contributed by atoms with van der Waals surface area (Å²) in [6.07, 6.45) is -0.205. The van der Waals surface area contributed by atoms with Gasteiger partial charge >= 0.3 is 6.03 Å². The largest absolute Gasteiger partial charge is 0.372 e. The highest BCUT2D eigenvalue weighted by atomic mass is 16.5. The molecule has 2 fully saturated rings. The van der Waals surface area contributed by atoms with Crippen LogP contribution in [0.2, 0.25) is 0 Å². The smallest absolute Gasteiger partial charge is 0.335 e. The average molecular weight is 405 g/mol. The van der Waals surface area contributed by atoms with Crippen LogP contribution in [0.1, 0.15) is 19.4 Å². The van der Waals surface area contributed by atoms with Gasteiger partial charge in [0.15, 0.2) is 5.41 Å². The van der Waals surface area contributed by atoms with Crippen LogP contribution in [-0.4, -0.2) is 42.6 Å². The molecule has 30 heavy (non-hydrogen) atoms. The van der Waals surface area contributed by atoms with Crippen molar-refractivity contribution in [3.8, 4) is 0 Å². The van der Waals surface area contributed by atoms with Crippen molar-refractivity contribution in [2.24, 2.45) is 5.41 Å². The Morgan fingerprint density at radius 3 is 2.47 bits per heavy atom. The summed E-state index contributed by atoms with van der Waals surface area (Å²) in [5, 5.41) is 2.46. The zero-order valence-electron chi connectivity index (χ0n) is 16.9. The molecule has 0 aromatic heterocycles. The number of anilines is 2. The minimum atomic E-state index is -1.46. The van der Waals surface area contributed by atoms with Crippen molar-refractivity contribution in [2.45, 2.75) is 38.5 Å². The lowest BCUT2D eigenvalue weighted by Gasteiger charge is -2.56. The molecule has 0 aliphatic carbocycles. The summed E-state index contributed by atoms with van der Waals surface area (Å²) < 4.78 is 6.09. The van der Waals surface area contributed by atoms with Gasteiger partial charge in [-0.3, -0.25) is 14.9 Å². The molecule has 7 heteroatoms. The summed E-state index contributed by atoms with van der Waals surface area (Å²) in [5.74, 6) is -1.06. The molecule has 3 aliphatic heterocycles. The normalized spacial score (nSPS) is 30.7. The quantitative estimate of drug-likeness (QED) is 0.738. The van der Waals surface area contributed by atoms with Gasteiger partial charge in [0.2, 0.25) is 5.91 Å². The Bertz CT molecular complexity index is 1040. The lowest BCUT2D eigenvalue weighted by atomic mass is 9.66. The molecule has 3 heterocycles. The van der Waals surface area contributed by atoms with Gasteiger partial charge in [-0.25, -0.2) is 9.69 Å². The molecule has 4 atom stereocenters. The molecule has 154 valence electrons. The van der Waals surface area contributed by atoms with Gasteiger partial charge in [0, 0.05) is 12.2 Å². The van der Waals surface area contributed by atoms with Gasteiger partial charge in [-0.05, 0) is 44.0 Å².